The summed E-state index contributed by atoms with van der Waals surface area (Å²) in [6.07, 6.45) is 7.20. The lowest BCUT2D eigenvalue weighted by Gasteiger charge is -2.27. The second-order valence-electron chi connectivity index (χ2n) is 8.56. The van der Waals surface area contributed by atoms with Gasteiger partial charge in [0, 0.05) is 18.9 Å². The van der Waals surface area contributed by atoms with Crippen LogP contribution in [0.4, 0.5) is 0 Å². The van der Waals surface area contributed by atoms with E-state index in [1.807, 2.05) is 50.2 Å². The summed E-state index contributed by atoms with van der Waals surface area (Å²) in [6.45, 7) is 5.01. The third-order valence-corrected chi connectivity index (χ3v) is 5.92. The van der Waals surface area contributed by atoms with Gasteiger partial charge in [0.25, 0.3) is 5.91 Å². The van der Waals surface area contributed by atoms with Gasteiger partial charge in [-0.3, -0.25) is 14.6 Å². The first-order valence-corrected chi connectivity index (χ1v) is 12.3. The van der Waals surface area contributed by atoms with E-state index in [0.29, 0.717) is 30.3 Å². The Morgan fingerprint density at radius 1 is 1.05 bits per heavy atom. The molecule has 0 spiro atoms. The van der Waals surface area contributed by atoms with Crippen LogP contribution in [0.5, 0.6) is 11.5 Å². The highest BCUT2D eigenvalue weighted by molar-refractivity contribution is 6.14. The van der Waals surface area contributed by atoms with Crippen LogP contribution in [0.3, 0.4) is 0 Å². The second-order valence-corrected chi connectivity index (χ2v) is 8.56. The summed E-state index contributed by atoms with van der Waals surface area (Å²) in [6, 6.07) is 17.5. The summed E-state index contributed by atoms with van der Waals surface area (Å²) in [5.74, 6) is -0.519. The standard InChI is InChI=1S/C30H30N2O5/c1-3-17-37-25-15-13-23(18-26(25)36-4-2)28-27(24(33)14-12-21-9-6-5-7-10-21)29(34)30(35)32(28)20-22-11-8-16-31-19-22/h5-16,18-19,28,34H,3-4,17,20H2,1-2H3/b14-12+. The zero-order valence-electron chi connectivity index (χ0n) is 21.0. The van der Waals surface area contributed by atoms with Crippen LogP contribution in [0.2, 0.25) is 0 Å². The number of amides is 1. The van der Waals surface area contributed by atoms with Gasteiger partial charge in [0.05, 0.1) is 24.8 Å². The first kappa shape index (κ1) is 25.7. The van der Waals surface area contributed by atoms with Crippen LogP contribution in [-0.4, -0.2) is 39.9 Å². The van der Waals surface area contributed by atoms with Gasteiger partial charge in [0.15, 0.2) is 23.0 Å². The molecule has 0 fully saturated rings. The smallest absolute Gasteiger partial charge is 0.290 e. The Labute approximate surface area is 216 Å². The molecule has 0 bridgehead atoms. The average Bonchev–Trinajstić information content (AvgIpc) is 3.17. The van der Waals surface area contributed by atoms with E-state index in [4.69, 9.17) is 9.47 Å². The number of hydrogen-bond donors (Lipinski definition) is 1. The van der Waals surface area contributed by atoms with Crippen LogP contribution in [0.25, 0.3) is 6.08 Å². The minimum Gasteiger partial charge on any atom is -0.503 e. The van der Waals surface area contributed by atoms with Crippen molar-refractivity contribution in [2.24, 2.45) is 0 Å². The van der Waals surface area contributed by atoms with Gasteiger partial charge >= 0.3 is 0 Å². The topological polar surface area (TPSA) is 89.0 Å². The number of carbonyl (C=O) groups is 2. The van der Waals surface area contributed by atoms with Crippen molar-refractivity contribution in [1.29, 1.82) is 0 Å². The van der Waals surface area contributed by atoms with Crippen molar-refractivity contribution in [3.8, 4) is 11.5 Å². The maximum Gasteiger partial charge on any atom is 0.290 e. The van der Waals surface area contributed by atoms with Gasteiger partial charge in [-0.2, -0.15) is 0 Å². The normalized spacial score (nSPS) is 15.5. The van der Waals surface area contributed by atoms with E-state index in [-0.39, 0.29) is 12.1 Å². The molecule has 1 N–H and O–H groups in total. The molecule has 1 amide bonds. The highest BCUT2D eigenvalue weighted by Gasteiger charge is 2.43. The molecule has 3 aromatic rings. The number of aromatic nitrogens is 1. The fraction of sp³-hybridized carbons (Fsp3) is 0.233. The Hall–Kier alpha value is -4.39. The van der Waals surface area contributed by atoms with Gasteiger partial charge in [-0.05, 0) is 54.3 Å². The van der Waals surface area contributed by atoms with Gasteiger partial charge in [-0.1, -0.05) is 55.5 Å². The van der Waals surface area contributed by atoms with E-state index in [1.165, 1.54) is 11.0 Å². The third kappa shape index (κ3) is 5.89. The van der Waals surface area contributed by atoms with Crippen LogP contribution < -0.4 is 9.47 Å². The van der Waals surface area contributed by atoms with Crippen molar-refractivity contribution in [1.82, 2.24) is 9.88 Å². The molecule has 0 saturated carbocycles. The number of pyridine rings is 1. The molecule has 2 aromatic carbocycles. The number of nitrogens with zero attached hydrogens (tertiary/aromatic N) is 2. The van der Waals surface area contributed by atoms with Crippen molar-refractivity contribution < 1.29 is 24.2 Å². The average molecular weight is 499 g/mol. The van der Waals surface area contributed by atoms with Crippen LogP contribution >= 0.6 is 0 Å². The molecule has 1 unspecified atom stereocenters. The van der Waals surface area contributed by atoms with E-state index in [1.54, 1.807) is 42.7 Å². The Morgan fingerprint density at radius 3 is 2.57 bits per heavy atom. The largest absolute Gasteiger partial charge is 0.503 e. The summed E-state index contributed by atoms with van der Waals surface area (Å²) >= 11 is 0. The summed E-state index contributed by atoms with van der Waals surface area (Å²) in [5.41, 5.74) is 2.26. The van der Waals surface area contributed by atoms with E-state index in [9.17, 15) is 14.7 Å². The van der Waals surface area contributed by atoms with Crippen LogP contribution in [0, 0.1) is 0 Å². The molecule has 0 saturated heterocycles. The number of aliphatic hydroxyl groups excluding tert-OH is 1. The molecular weight excluding hydrogens is 468 g/mol. The first-order chi connectivity index (χ1) is 18.0. The third-order valence-electron chi connectivity index (χ3n) is 5.92. The monoisotopic (exact) mass is 498 g/mol. The number of ether oxygens (including phenoxy) is 2. The maximum absolute atomic E-state index is 13.4. The number of rotatable bonds is 11. The van der Waals surface area contributed by atoms with E-state index >= 15 is 0 Å². The zero-order valence-corrected chi connectivity index (χ0v) is 21.0. The Bertz CT molecular complexity index is 1300. The highest BCUT2D eigenvalue weighted by Crippen LogP contribution is 2.42. The molecule has 1 aliphatic rings. The fourth-order valence-electron chi connectivity index (χ4n) is 4.22. The van der Waals surface area contributed by atoms with Crippen molar-refractivity contribution >= 4 is 17.8 Å². The predicted molar refractivity (Wildman–Crippen MR) is 141 cm³/mol. The van der Waals surface area contributed by atoms with Gasteiger partial charge in [0.1, 0.15) is 0 Å². The minimum absolute atomic E-state index is 0.0192. The molecule has 1 aliphatic heterocycles. The summed E-state index contributed by atoms with van der Waals surface area (Å²) < 4.78 is 11.7. The summed E-state index contributed by atoms with van der Waals surface area (Å²) in [5, 5.41) is 10.9. The Kier molecular flexibility index (Phi) is 8.36. The van der Waals surface area contributed by atoms with Crippen LogP contribution in [0.1, 0.15) is 43.0 Å². The molecule has 190 valence electrons. The van der Waals surface area contributed by atoms with Crippen LogP contribution in [-0.2, 0) is 16.1 Å². The summed E-state index contributed by atoms with van der Waals surface area (Å²) in [4.78, 5) is 32.3. The van der Waals surface area contributed by atoms with E-state index < -0.39 is 23.5 Å². The molecule has 7 nitrogen and oxygen atoms in total. The number of aliphatic hydroxyl groups is 1. The lowest BCUT2D eigenvalue weighted by atomic mass is 9.95. The van der Waals surface area contributed by atoms with Gasteiger partial charge in [-0.15, -0.1) is 0 Å². The number of ketones is 1. The van der Waals surface area contributed by atoms with Crippen molar-refractivity contribution in [3.63, 3.8) is 0 Å². The quantitative estimate of drug-likeness (QED) is 0.354. The van der Waals surface area contributed by atoms with Gasteiger partial charge < -0.3 is 19.5 Å². The number of hydrogen-bond acceptors (Lipinski definition) is 6. The first-order valence-electron chi connectivity index (χ1n) is 12.3. The van der Waals surface area contributed by atoms with Gasteiger partial charge in [-0.25, -0.2) is 0 Å². The predicted octanol–water partition coefficient (Wildman–Crippen LogP) is 5.45. The van der Waals surface area contributed by atoms with Crippen molar-refractivity contribution in [3.05, 3.63) is 107 Å². The second kappa shape index (κ2) is 12.0. The summed E-state index contributed by atoms with van der Waals surface area (Å²) in [7, 11) is 0. The lowest BCUT2D eigenvalue weighted by Crippen LogP contribution is -2.30. The molecule has 1 atom stereocenters. The number of carbonyl (C=O) groups excluding carboxylic acids is 2. The minimum atomic E-state index is -0.819. The molecule has 1 aromatic heterocycles. The Balaban J connectivity index is 1.76. The van der Waals surface area contributed by atoms with Gasteiger partial charge in [0.2, 0.25) is 0 Å². The van der Waals surface area contributed by atoms with E-state index in [2.05, 4.69) is 4.98 Å². The zero-order chi connectivity index (χ0) is 26.2. The molecule has 37 heavy (non-hydrogen) atoms. The van der Waals surface area contributed by atoms with Crippen molar-refractivity contribution in [2.45, 2.75) is 32.9 Å². The van der Waals surface area contributed by atoms with Crippen LogP contribution in [0.15, 0.2) is 90.5 Å². The molecular formula is C30H30N2O5. The Morgan fingerprint density at radius 2 is 1.86 bits per heavy atom. The molecule has 0 aliphatic carbocycles. The van der Waals surface area contributed by atoms with E-state index in [0.717, 1.165) is 17.5 Å². The highest BCUT2D eigenvalue weighted by atomic mass is 16.5. The number of benzene rings is 2. The molecule has 0 radical (unpaired) electrons. The van der Waals surface area contributed by atoms with Crippen molar-refractivity contribution in [2.75, 3.05) is 13.2 Å². The fourth-order valence-corrected chi connectivity index (χ4v) is 4.22. The molecule has 7 heteroatoms. The lowest BCUT2D eigenvalue weighted by molar-refractivity contribution is -0.130. The molecule has 2 heterocycles. The SMILES string of the molecule is CCCOc1ccc(C2C(C(=O)/C=C/c3ccccc3)=C(O)C(=O)N2Cc2cccnc2)cc1OCC. The number of allylic oxidation sites excluding steroid dienone is 1. The molecule has 4 rings (SSSR count). The maximum atomic E-state index is 13.4.